The first-order chi connectivity index (χ1) is 11.9. The fourth-order valence-corrected chi connectivity index (χ4v) is 3.17. The average Bonchev–Trinajstić information content (AvgIpc) is 3.15. The highest BCUT2D eigenvalue weighted by Gasteiger charge is 2.45. The normalized spacial score (nSPS) is 17.7. The number of amides is 1. The summed E-state index contributed by atoms with van der Waals surface area (Å²) in [5, 5.41) is 10.5. The van der Waals surface area contributed by atoms with Crippen molar-refractivity contribution in [1.82, 2.24) is 0 Å². The topological polar surface area (TPSA) is 70.8 Å². The molecule has 5 heteroatoms. The Bertz CT molecular complexity index is 833. The van der Waals surface area contributed by atoms with Crippen LogP contribution in [0.2, 0.25) is 0 Å². The third-order valence-corrected chi connectivity index (χ3v) is 4.29. The second-order valence-corrected chi connectivity index (χ2v) is 6.66. The molecule has 2 heterocycles. The molecule has 0 saturated carbocycles. The minimum Gasteiger partial charge on any atom is -0.503 e. The van der Waals surface area contributed by atoms with Crippen LogP contribution in [-0.2, 0) is 9.59 Å². The van der Waals surface area contributed by atoms with E-state index in [0.717, 1.165) is 5.56 Å². The van der Waals surface area contributed by atoms with Gasteiger partial charge in [0.25, 0.3) is 5.91 Å². The number of para-hydroxylation sites is 1. The van der Waals surface area contributed by atoms with Gasteiger partial charge in [-0.05, 0) is 36.6 Å². The molecule has 1 atom stereocenters. The molecule has 130 valence electrons. The molecular formula is C20H21NO4. The Kier molecular flexibility index (Phi) is 4.49. The molecule has 2 aromatic rings. The number of rotatable bonds is 5. The van der Waals surface area contributed by atoms with E-state index >= 15 is 0 Å². The van der Waals surface area contributed by atoms with Gasteiger partial charge in [-0.3, -0.25) is 14.5 Å². The zero-order valence-corrected chi connectivity index (χ0v) is 14.5. The number of nitrogens with zero attached hydrogens (tertiary/aromatic N) is 1. The van der Waals surface area contributed by atoms with Crippen molar-refractivity contribution in [2.75, 3.05) is 4.90 Å². The average molecular weight is 339 g/mol. The number of hydrogen-bond acceptors (Lipinski definition) is 4. The van der Waals surface area contributed by atoms with Crippen LogP contribution in [0.1, 0.15) is 37.6 Å². The van der Waals surface area contributed by atoms with Gasteiger partial charge in [0, 0.05) is 12.1 Å². The van der Waals surface area contributed by atoms with Crippen molar-refractivity contribution in [3.8, 4) is 0 Å². The molecule has 1 aliphatic rings. The second-order valence-electron chi connectivity index (χ2n) is 6.66. The molecule has 1 aromatic heterocycles. The van der Waals surface area contributed by atoms with Crippen molar-refractivity contribution in [2.24, 2.45) is 5.92 Å². The number of benzene rings is 1. The Morgan fingerprint density at radius 2 is 1.96 bits per heavy atom. The van der Waals surface area contributed by atoms with Crippen LogP contribution in [0.15, 0.2) is 58.4 Å². The lowest BCUT2D eigenvalue weighted by Crippen LogP contribution is -2.31. The summed E-state index contributed by atoms with van der Waals surface area (Å²) in [5.74, 6) is -0.739. The summed E-state index contributed by atoms with van der Waals surface area (Å²) in [5.41, 5.74) is 1.63. The lowest BCUT2D eigenvalue weighted by atomic mass is 9.95. The summed E-state index contributed by atoms with van der Waals surface area (Å²) in [6, 6.07) is 10.0. The van der Waals surface area contributed by atoms with Crippen molar-refractivity contribution in [2.45, 2.75) is 33.2 Å². The molecule has 1 aromatic carbocycles. The number of aliphatic hydroxyl groups is 1. The largest absolute Gasteiger partial charge is 0.503 e. The highest BCUT2D eigenvalue weighted by atomic mass is 16.3. The number of furan rings is 1. The van der Waals surface area contributed by atoms with E-state index in [9.17, 15) is 14.7 Å². The van der Waals surface area contributed by atoms with Crippen molar-refractivity contribution >= 4 is 17.4 Å². The third-order valence-electron chi connectivity index (χ3n) is 4.29. The molecule has 0 bridgehead atoms. The van der Waals surface area contributed by atoms with Crippen LogP contribution in [0.4, 0.5) is 5.69 Å². The Balaban J connectivity index is 2.13. The zero-order chi connectivity index (χ0) is 18.1. The fourth-order valence-electron chi connectivity index (χ4n) is 3.17. The standard InChI is InChI=1S/C20H21NO4/c1-12(2)11-15(22)17-18(16-9-6-10-25-16)21(20(24)19(17)23)14-8-5-4-7-13(14)3/h4-10,12,18,23H,11H2,1-3H3. The monoisotopic (exact) mass is 339 g/mol. The molecule has 0 radical (unpaired) electrons. The van der Waals surface area contributed by atoms with Gasteiger partial charge >= 0.3 is 0 Å². The SMILES string of the molecule is Cc1ccccc1N1C(=O)C(O)=C(C(=O)CC(C)C)C1c1ccco1. The van der Waals surface area contributed by atoms with Crippen LogP contribution in [0.5, 0.6) is 0 Å². The predicted octanol–water partition coefficient (Wildman–Crippen LogP) is 4.10. The second kappa shape index (κ2) is 6.59. The van der Waals surface area contributed by atoms with Crippen molar-refractivity contribution in [1.29, 1.82) is 0 Å². The number of carbonyl (C=O) groups excluding carboxylic acids is 2. The fraction of sp³-hybridized carbons (Fsp3) is 0.300. The number of hydrogen-bond donors (Lipinski definition) is 1. The molecular weight excluding hydrogens is 318 g/mol. The lowest BCUT2D eigenvalue weighted by Gasteiger charge is -2.26. The van der Waals surface area contributed by atoms with Gasteiger partial charge in [-0.1, -0.05) is 32.0 Å². The molecule has 0 fully saturated rings. The molecule has 0 spiro atoms. The summed E-state index contributed by atoms with van der Waals surface area (Å²) in [7, 11) is 0. The van der Waals surface area contributed by atoms with E-state index < -0.39 is 17.7 Å². The van der Waals surface area contributed by atoms with Gasteiger partial charge in [0.2, 0.25) is 0 Å². The Hall–Kier alpha value is -2.82. The number of aryl methyl sites for hydroxylation is 1. The molecule has 1 amide bonds. The summed E-state index contributed by atoms with van der Waals surface area (Å²) in [4.78, 5) is 27.0. The Labute approximate surface area is 146 Å². The number of anilines is 1. The van der Waals surface area contributed by atoms with E-state index in [4.69, 9.17) is 4.42 Å². The maximum atomic E-state index is 12.8. The summed E-state index contributed by atoms with van der Waals surface area (Å²) in [6.07, 6.45) is 1.75. The molecule has 1 N–H and O–H groups in total. The molecule has 3 rings (SSSR count). The molecule has 0 saturated heterocycles. The first-order valence-electron chi connectivity index (χ1n) is 8.30. The van der Waals surface area contributed by atoms with Crippen LogP contribution in [-0.4, -0.2) is 16.8 Å². The Morgan fingerprint density at radius 3 is 2.56 bits per heavy atom. The lowest BCUT2D eigenvalue weighted by molar-refractivity contribution is -0.118. The minimum absolute atomic E-state index is 0.108. The van der Waals surface area contributed by atoms with E-state index in [1.807, 2.05) is 39.0 Å². The van der Waals surface area contributed by atoms with Crippen molar-refractivity contribution in [3.63, 3.8) is 0 Å². The highest BCUT2D eigenvalue weighted by molar-refractivity contribution is 6.16. The quantitative estimate of drug-likeness (QED) is 0.890. The van der Waals surface area contributed by atoms with Gasteiger partial charge in [0.15, 0.2) is 11.5 Å². The summed E-state index contributed by atoms with van der Waals surface area (Å²) < 4.78 is 5.50. The maximum Gasteiger partial charge on any atom is 0.294 e. The number of carbonyl (C=O) groups is 2. The van der Waals surface area contributed by atoms with E-state index in [2.05, 4.69) is 0 Å². The third kappa shape index (κ3) is 2.97. The predicted molar refractivity (Wildman–Crippen MR) is 94.2 cm³/mol. The summed E-state index contributed by atoms with van der Waals surface area (Å²) in [6.45, 7) is 5.73. The smallest absolute Gasteiger partial charge is 0.294 e. The zero-order valence-electron chi connectivity index (χ0n) is 14.5. The van der Waals surface area contributed by atoms with Crippen LogP contribution >= 0.6 is 0 Å². The van der Waals surface area contributed by atoms with Crippen LogP contribution in [0, 0.1) is 12.8 Å². The van der Waals surface area contributed by atoms with E-state index in [1.165, 1.54) is 11.2 Å². The number of aliphatic hydroxyl groups excluding tert-OH is 1. The van der Waals surface area contributed by atoms with E-state index in [1.54, 1.807) is 18.2 Å². The Morgan fingerprint density at radius 1 is 1.24 bits per heavy atom. The van der Waals surface area contributed by atoms with Crippen molar-refractivity contribution in [3.05, 3.63) is 65.3 Å². The highest BCUT2D eigenvalue weighted by Crippen LogP contribution is 2.42. The van der Waals surface area contributed by atoms with E-state index in [-0.39, 0.29) is 23.7 Å². The number of Topliss-reactive ketones (excluding diaryl/α,β-unsaturated/α-hetero) is 1. The molecule has 5 nitrogen and oxygen atoms in total. The van der Waals surface area contributed by atoms with Gasteiger partial charge in [0.05, 0.1) is 11.8 Å². The summed E-state index contributed by atoms with van der Waals surface area (Å²) >= 11 is 0. The first-order valence-corrected chi connectivity index (χ1v) is 8.30. The van der Waals surface area contributed by atoms with Gasteiger partial charge in [-0.15, -0.1) is 0 Å². The number of ketones is 1. The van der Waals surface area contributed by atoms with E-state index in [0.29, 0.717) is 11.4 Å². The first kappa shape index (κ1) is 17.0. The van der Waals surface area contributed by atoms with Crippen molar-refractivity contribution < 1.29 is 19.1 Å². The maximum absolute atomic E-state index is 12.8. The van der Waals surface area contributed by atoms with Gasteiger partial charge < -0.3 is 9.52 Å². The van der Waals surface area contributed by atoms with Crippen LogP contribution in [0.25, 0.3) is 0 Å². The molecule has 1 aliphatic heterocycles. The van der Waals surface area contributed by atoms with Gasteiger partial charge in [-0.25, -0.2) is 0 Å². The van der Waals surface area contributed by atoms with Gasteiger partial charge in [-0.2, -0.15) is 0 Å². The molecule has 0 aliphatic carbocycles. The molecule has 25 heavy (non-hydrogen) atoms. The minimum atomic E-state index is -0.755. The van der Waals surface area contributed by atoms with Crippen LogP contribution < -0.4 is 4.90 Å². The van der Waals surface area contributed by atoms with Crippen LogP contribution in [0.3, 0.4) is 0 Å². The van der Waals surface area contributed by atoms with Gasteiger partial charge in [0.1, 0.15) is 11.8 Å². The molecule has 1 unspecified atom stereocenters.